The van der Waals surface area contributed by atoms with Crippen molar-refractivity contribution >= 4 is 29.7 Å². The molecule has 0 aromatic heterocycles. The zero-order chi connectivity index (χ0) is 26.8. The number of aromatic hydroxyl groups is 1. The third-order valence-corrected chi connectivity index (χ3v) is 6.17. The minimum atomic E-state index is -1.41. The Labute approximate surface area is 208 Å². The summed E-state index contributed by atoms with van der Waals surface area (Å²) in [6.45, 7) is 4.11. The summed E-state index contributed by atoms with van der Waals surface area (Å²) in [6, 6.07) is 1.44. The van der Waals surface area contributed by atoms with Gasteiger partial charge >= 0.3 is 11.9 Å². The van der Waals surface area contributed by atoms with Gasteiger partial charge in [0.2, 0.25) is 17.7 Å². The number of benzene rings is 1. The van der Waals surface area contributed by atoms with Gasteiger partial charge in [0.15, 0.2) is 0 Å². The van der Waals surface area contributed by atoms with Crippen LogP contribution in [0.4, 0.5) is 0 Å². The highest BCUT2D eigenvalue weighted by Gasteiger charge is 2.34. The van der Waals surface area contributed by atoms with E-state index in [1.165, 1.54) is 24.3 Å². The maximum Gasteiger partial charge on any atom is 0.326 e. The van der Waals surface area contributed by atoms with E-state index in [0.717, 1.165) is 6.42 Å². The maximum absolute atomic E-state index is 13.1. The van der Waals surface area contributed by atoms with E-state index >= 15 is 0 Å². The fourth-order valence-electron chi connectivity index (χ4n) is 3.85. The molecule has 0 spiro atoms. The van der Waals surface area contributed by atoms with Crippen LogP contribution in [0, 0.1) is 5.92 Å². The predicted molar refractivity (Wildman–Crippen MR) is 128 cm³/mol. The molecule has 1 heterocycles. The van der Waals surface area contributed by atoms with Crippen molar-refractivity contribution in [3.63, 3.8) is 0 Å². The zero-order valence-corrected chi connectivity index (χ0v) is 20.3. The first-order chi connectivity index (χ1) is 17.0. The lowest BCUT2D eigenvalue weighted by atomic mass is 9.96. The van der Waals surface area contributed by atoms with Crippen molar-refractivity contribution in [1.82, 2.24) is 21.3 Å². The molecule has 36 heavy (non-hydrogen) atoms. The molecule has 5 unspecified atom stereocenters. The van der Waals surface area contributed by atoms with Crippen molar-refractivity contribution < 1.29 is 39.3 Å². The second-order valence-corrected chi connectivity index (χ2v) is 8.95. The van der Waals surface area contributed by atoms with E-state index in [-0.39, 0.29) is 12.2 Å². The molecular formula is C24H34N4O8. The minimum Gasteiger partial charge on any atom is -0.508 e. The molecule has 0 radical (unpaired) electrons. The standard InChI is InChI=1S/C24H34N4O8/c1-3-13(2)20(23(34)27-18(24(35)36)11-14-6-8-15(29)9-7-14)28-22(33)17(12-19(30)31)26-21(32)16-5-4-10-25-16/h6-9,13,16-18,20,25,29H,3-5,10-12H2,1-2H3,(H,26,32)(H,27,34)(H,28,33)(H,30,31)(H,35,36). The van der Waals surface area contributed by atoms with E-state index < -0.39 is 66.2 Å². The van der Waals surface area contributed by atoms with Gasteiger partial charge in [0.05, 0.1) is 12.5 Å². The van der Waals surface area contributed by atoms with Gasteiger partial charge in [-0.05, 0) is 43.0 Å². The Morgan fingerprint density at radius 1 is 1.00 bits per heavy atom. The summed E-state index contributed by atoms with van der Waals surface area (Å²) in [5.41, 5.74) is 0.564. The Kier molecular flexibility index (Phi) is 10.7. The molecule has 3 amide bonds. The van der Waals surface area contributed by atoms with Gasteiger partial charge in [-0.3, -0.25) is 19.2 Å². The topological polar surface area (TPSA) is 194 Å². The van der Waals surface area contributed by atoms with Crippen molar-refractivity contribution in [2.75, 3.05) is 6.54 Å². The normalized spacial score (nSPS) is 18.3. The maximum atomic E-state index is 13.1. The fourth-order valence-corrected chi connectivity index (χ4v) is 3.85. The van der Waals surface area contributed by atoms with E-state index in [4.69, 9.17) is 0 Å². The molecule has 7 N–H and O–H groups in total. The summed E-state index contributed by atoms with van der Waals surface area (Å²) in [7, 11) is 0. The number of amides is 3. The van der Waals surface area contributed by atoms with E-state index in [9.17, 15) is 39.3 Å². The van der Waals surface area contributed by atoms with Crippen molar-refractivity contribution in [3.8, 4) is 5.75 Å². The molecule has 1 aliphatic rings. The first-order valence-corrected chi connectivity index (χ1v) is 11.9. The minimum absolute atomic E-state index is 0.0147. The second kappa shape index (κ2) is 13.4. The smallest absolute Gasteiger partial charge is 0.326 e. The third kappa shape index (κ3) is 8.52. The van der Waals surface area contributed by atoms with Crippen LogP contribution in [0.1, 0.15) is 45.1 Å². The molecule has 0 bridgehead atoms. The zero-order valence-electron chi connectivity index (χ0n) is 20.3. The summed E-state index contributed by atoms with van der Waals surface area (Å²) in [5.74, 6) is -5.10. The molecule has 198 valence electrons. The van der Waals surface area contributed by atoms with Crippen LogP contribution in [0.15, 0.2) is 24.3 Å². The van der Waals surface area contributed by atoms with Crippen molar-refractivity contribution in [3.05, 3.63) is 29.8 Å². The van der Waals surface area contributed by atoms with Gasteiger partial charge in [0.25, 0.3) is 0 Å². The van der Waals surface area contributed by atoms with Crippen LogP contribution >= 0.6 is 0 Å². The van der Waals surface area contributed by atoms with Gasteiger partial charge in [-0.15, -0.1) is 0 Å². The second-order valence-electron chi connectivity index (χ2n) is 8.95. The Bertz CT molecular complexity index is 946. The molecule has 5 atom stereocenters. The molecule has 0 aliphatic carbocycles. The molecule has 1 fully saturated rings. The first-order valence-electron chi connectivity index (χ1n) is 11.9. The fraction of sp³-hybridized carbons (Fsp3) is 0.542. The Balaban J connectivity index is 2.14. The van der Waals surface area contributed by atoms with E-state index in [0.29, 0.717) is 24.9 Å². The largest absolute Gasteiger partial charge is 0.508 e. The molecule has 12 heteroatoms. The summed E-state index contributed by atoms with van der Waals surface area (Å²) in [4.78, 5) is 61.6. The van der Waals surface area contributed by atoms with Crippen LogP contribution in [0.25, 0.3) is 0 Å². The van der Waals surface area contributed by atoms with Gasteiger partial charge in [0.1, 0.15) is 23.9 Å². The molecule has 1 saturated heterocycles. The van der Waals surface area contributed by atoms with Crippen LogP contribution in [0.5, 0.6) is 5.75 Å². The summed E-state index contributed by atoms with van der Waals surface area (Å²) < 4.78 is 0. The Morgan fingerprint density at radius 3 is 2.19 bits per heavy atom. The molecular weight excluding hydrogens is 472 g/mol. The van der Waals surface area contributed by atoms with Gasteiger partial charge in [0, 0.05) is 6.42 Å². The van der Waals surface area contributed by atoms with Crippen molar-refractivity contribution in [2.45, 2.75) is 70.1 Å². The number of carbonyl (C=O) groups is 5. The van der Waals surface area contributed by atoms with Crippen LogP contribution in [-0.4, -0.2) is 75.7 Å². The Hall–Kier alpha value is -3.67. The van der Waals surface area contributed by atoms with Crippen molar-refractivity contribution in [2.24, 2.45) is 5.92 Å². The molecule has 1 aromatic rings. The van der Waals surface area contributed by atoms with Gasteiger partial charge in [-0.25, -0.2) is 4.79 Å². The number of carboxylic acid groups (broad SMARTS) is 2. The predicted octanol–water partition coefficient (Wildman–Crippen LogP) is -0.253. The lowest BCUT2D eigenvalue weighted by Gasteiger charge is -2.27. The average Bonchev–Trinajstić information content (AvgIpc) is 3.37. The van der Waals surface area contributed by atoms with E-state index in [1.807, 2.05) is 0 Å². The highest BCUT2D eigenvalue weighted by atomic mass is 16.4. The number of phenols is 1. The Morgan fingerprint density at radius 2 is 1.67 bits per heavy atom. The highest BCUT2D eigenvalue weighted by molar-refractivity contribution is 5.95. The number of carbonyl (C=O) groups excluding carboxylic acids is 3. The number of carboxylic acids is 2. The molecule has 0 saturated carbocycles. The SMILES string of the molecule is CCC(C)C(NC(=O)C(CC(=O)O)NC(=O)C1CCCN1)C(=O)NC(Cc1ccc(O)cc1)C(=O)O. The lowest BCUT2D eigenvalue weighted by molar-refractivity contribution is -0.143. The molecule has 2 rings (SSSR count). The lowest BCUT2D eigenvalue weighted by Crippen LogP contribution is -2.59. The van der Waals surface area contributed by atoms with E-state index in [2.05, 4.69) is 21.3 Å². The van der Waals surface area contributed by atoms with Crippen LogP contribution in [-0.2, 0) is 30.4 Å². The van der Waals surface area contributed by atoms with Crippen LogP contribution in [0.2, 0.25) is 0 Å². The summed E-state index contributed by atoms with van der Waals surface area (Å²) in [6.07, 6.45) is 1.05. The number of hydrogen-bond acceptors (Lipinski definition) is 7. The van der Waals surface area contributed by atoms with Gasteiger partial charge in [-0.1, -0.05) is 32.4 Å². The third-order valence-electron chi connectivity index (χ3n) is 6.17. The number of nitrogens with one attached hydrogen (secondary N) is 4. The quantitative estimate of drug-likeness (QED) is 0.189. The average molecular weight is 507 g/mol. The van der Waals surface area contributed by atoms with Crippen LogP contribution in [0.3, 0.4) is 0 Å². The highest BCUT2D eigenvalue weighted by Crippen LogP contribution is 2.13. The monoisotopic (exact) mass is 506 g/mol. The summed E-state index contributed by atoms with van der Waals surface area (Å²) >= 11 is 0. The molecule has 1 aromatic carbocycles. The van der Waals surface area contributed by atoms with E-state index in [1.54, 1.807) is 13.8 Å². The van der Waals surface area contributed by atoms with Gasteiger partial charge < -0.3 is 36.6 Å². The summed E-state index contributed by atoms with van der Waals surface area (Å²) in [5, 5.41) is 38.6. The number of hydrogen-bond donors (Lipinski definition) is 7. The molecule has 1 aliphatic heterocycles. The van der Waals surface area contributed by atoms with Crippen molar-refractivity contribution in [1.29, 1.82) is 0 Å². The molecule has 12 nitrogen and oxygen atoms in total. The first kappa shape index (κ1) is 28.6. The number of rotatable bonds is 13. The van der Waals surface area contributed by atoms with Crippen LogP contribution < -0.4 is 21.3 Å². The van der Waals surface area contributed by atoms with Gasteiger partial charge in [-0.2, -0.15) is 0 Å². The number of aliphatic carboxylic acids is 2. The number of phenolic OH excluding ortho intramolecular Hbond substituents is 1.